The molecule has 1 heterocycles. The lowest BCUT2D eigenvalue weighted by atomic mass is 10.2. The van der Waals surface area contributed by atoms with E-state index in [1.165, 1.54) is 0 Å². The zero-order valence-electron chi connectivity index (χ0n) is 6.07. The first-order valence-corrected chi connectivity index (χ1v) is 3.08. The molecule has 0 aliphatic carbocycles. The van der Waals surface area contributed by atoms with E-state index in [0.717, 1.165) is 0 Å². The van der Waals surface area contributed by atoms with Crippen molar-refractivity contribution in [3.05, 3.63) is 24.4 Å². The number of ether oxygens (including phenoxy) is 2. The van der Waals surface area contributed by atoms with E-state index in [1.54, 1.807) is 0 Å². The molecule has 1 rings (SSSR count). The van der Waals surface area contributed by atoms with Gasteiger partial charge in [0.25, 0.3) is 0 Å². The van der Waals surface area contributed by atoms with Crippen LogP contribution in [0, 0.1) is 0 Å². The Bertz CT molecular complexity index is 276. The van der Waals surface area contributed by atoms with Crippen molar-refractivity contribution in [1.29, 1.82) is 0 Å². The summed E-state index contributed by atoms with van der Waals surface area (Å²) in [4.78, 5) is 21.5. The molecule has 0 amide bonds. The monoisotopic (exact) mass is 170 g/mol. The van der Waals surface area contributed by atoms with E-state index in [9.17, 15) is 9.59 Å². The number of carbonyl (C=O) groups is 2. The lowest BCUT2D eigenvalue weighted by molar-refractivity contribution is -0.148. The van der Waals surface area contributed by atoms with Gasteiger partial charge in [0.05, 0.1) is 6.42 Å². The number of hydrogen-bond acceptors (Lipinski definition) is 5. The Kier molecular flexibility index (Phi) is 2.14. The smallest absolute Gasteiger partial charge is 0.339 e. The highest BCUT2D eigenvalue weighted by Crippen LogP contribution is 2.09. The van der Waals surface area contributed by atoms with Crippen LogP contribution in [0.25, 0.3) is 0 Å². The van der Waals surface area contributed by atoms with Gasteiger partial charge in [-0.05, 0) is 0 Å². The van der Waals surface area contributed by atoms with Gasteiger partial charge in [0.1, 0.15) is 0 Å². The first kappa shape index (κ1) is 8.32. The maximum Gasteiger partial charge on any atom is 0.339 e. The maximum atomic E-state index is 10.8. The molecule has 0 fully saturated rings. The molecule has 5 heteroatoms. The Labute approximate surface area is 67.9 Å². The van der Waals surface area contributed by atoms with Crippen molar-refractivity contribution in [2.24, 2.45) is 0 Å². The van der Waals surface area contributed by atoms with E-state index in [1.807, 2.05) is 0 Å². The molecule has 5 nitrogen and oxygen atoms in total. The van der Waals surface area contributed by atoms with Gasteiger partial charge in [-0.2, -0.15) is 0 Å². The fourth-order valence-electron chi connectivity index (χ4n) is 0.610. The van der Waals surface area contributed by atoms with Gasteiger partial charge in [-0.1, -0.05) is 6.58 Å². The van der Waals surface area contributed by atoms with Crippen molar-refractivity contribution in [2.45, 2.75) is 6.42 Å². The average Bonchev–Trinajstić information content (AvgIpc) is 1.98. The number of hydrogen-bond donors (Lipinski definition) is 1. The van der Waals surface area contributed by atoms with Crippen molar-refractivity contribution in [1.82, 2.24) is 0 Å². The van der Waals surface area contributed by atoms with Gasteiger partial charge in [-0.15, -0.1) is 0 Å². The maximum absolute atomic E-state index is 10.8. The molecule has 0 aromatic rings. The number of aliphatic hydroxyl groups excluding tert-OH is 1. The molecule has 0 spiro atoms. The number of rotatable bonds is 0. The van der Waals surface area contributed by atoms with Crippen LogP contribution >= 0.6 is 0 Å². The van der Waals surface area contributed by atoms with Crippen LogP contribution in [0.1, 0.15) is 6.42 Å². The van der Waals surface area contributed by atoms with Crippen molar-refractivity contribution in [3.8, 4) is 0 Å². The SMILES string of the molecule is C=C1CC(=O)O/C(O)=C\OC1=O. The van der Waals surface area contributed by atoms with Crippen LogP contribution in [0.2, 0.25) is 0 Å². The van der Waals surface area contributed by atoms with Gasteiger partial charge in [0, 0.05) is 5.57 Å². The molecule has 0 aromatic heterocycles. The molecule has 1 aliphatic heterocycles. The summed E-state index contributed by atoms with van der Waals surface area (Å²) < 4.78 is 8.58. The summed E-state index contributed by atoms with van der Waals surface area (Å²) in [5, 5.41) is 8.70. The second-order valence-corrected chi connectivity index (χ2v) is 2.12. The van der Waals surface area contributed by atoms with Crippen molar-refractivity contribution in [3.63, 3.8) is 0 Å². The molecule has 0 aromatic carbocycles. The lowest BCUT2D eigenvalue weighted by Gasteiger charge is -2.07. The third-order valence-electron chi connectivity index (χ3n) is 1.13. The Morgan fingerprint density at radius 3 is 2.83 bits per heavy atom. The largest absolute Gasteiger partial charge is 0.478 e. The Balaban J connectivity index is 2.82. The van der Waals surface area contributed by atoms with E-state index >= 15 is 0 Å². The van der Waals surface area contributed by atoms with Gasteiger partial charge in [-0.3, -0.25) is 4.79 Å². The van der Waals surface area contributed by atoms with Crippen molar-refractivity contribution >= 4 is 11.9 Å². The summed E-state index contributed by atoms with van der Waals surface area (Å²) in [6, 6.07) is 0. The zero-order valence-corrected chi connectivity index (χ0v) is 6.07. The number of carbonyl (C=O) groups excluding carboxylic acids is 2. The predicted octanol–water partition coefficient (Wildman–Crippen LogP) is 0.390. The van der Waals surface area contributed by atoms with Crippen LogP contribution < -0.4 is 0 Å². The highest BCUT2D eigenvalue weighted by molar-refractivity contribution is 5.94. The highest BCUT2D eigenvalue weighted by Gasteiger charge is 2.18. The molecule has 64 valence electrons. The summed E-state index contributed by atoms with van der Waals surface area (Å²) in [7, 11) is 0. The van der Waals surface area contributed by atoms with Crippen LogP contribution in [-0.4, -0.2) is 17.0 Å². The van der Waals surface area contributed by atoms with Crippen molar-refractivity contribution < 1.29 is 24.2 Å². The molecule has 0 bridgehead atoms. The highest BCUT2D eigenvalue weighted by atomic mass is 16.6. The summed E-state index contributed by atoms with van der Waals surface area (Å²) in [5.74, 6) is -2.23. The number of esters is 2. The molecule has 0 unspecified atom stereocenters. The van der Waals surface area contributed by atoms with Crippen molar-refractivity contribution in [2.75, 3.05) is 0 Å². The second kappa shape index (κ2) is 3.08. The topological polar surface area (TPSA) is 72.8 Å². The van der Waals surface area contributed by atoms with Crippen LogP contribution in [0.15, 0.2) is 24.4 Å². The summed E-state index contributed by atoms with van der Waals surface area (Å²) in [5.41, 5.74) is -0.0104. The van der Waals surface area contributed by atoms with E-state index in [4.69, 9.17) is 5.11 Å². The predicted molar refractivity (Wildman–Crippen MR) is 36.7 cm³/mol. The van der Waals surface area contributed by atoms with Crippen LogP contribution in [0.4, 0.5) is 0 Å². The van der Waals surface area contributed by atoms with E-state index in [2.05, 4.69) is 16.1 Å². The summed E-state index contributed by atoms with van der Waals surface area (Å²) >= 11 is 0. The molecule has 0 saturated heterocycles. The van der Waals surface area contributed by atoms with E-state index < -0.39 is 17.9 Å². The van der Waals surface area contributed by atoms with Gasteiger partial charge in [-0.25, -0.2) is 4.79 Å². The molecule has 0 saturated carbocycles. The summed E-state index contributed by atoms with van der Waals surface area (Å²) in [6.07, 6.45) is 0.362. The summed E-state index contributed by atoms with van der Waals surface area (Å²) in [6.45, 7) is 3.29. The normalized spacial score (nSPS) is 23.0. The Morgan fingerprint density at radius 2 is 2.17 bits per heavy atom. The average molecular weight is 170 g/mol. The minimum atomic E-state index is -0.752. The third-order valence-corrected chi connectivity index (χ3v) is 1.13. The van der Waals surface area contributed by atoms with Crippen LogP contribution in [-0.2, 0) is 19.1 Å². The van der Waals surface area contributed by atoms with Crippen LogP contribution in [0.3, 0.4) is 0 Å². The third kappa shape index (κ3) is 1.85. The van der Waals surface area contributed by atoms with E-state index in [0.29, 0.717) is 6.26 Å². The second-order valence-electron chi connectivity index (χ2n) is 2.12. The van der Waals surface area contributed by atoms with E-state index in [-0.39, 0.29) is 12.0 Å². The number of aliphatic hydroxyl groups is 1. The molecule has 1 N–H and O–H groups in total. The quantitative estimate of drug-likeness (QED) is 0.420. The Hall–Kier alpha value is -1.78. The van der Waals surface area contributed by atoms with Gasteiger partial charge in [0.2, 0.25) is 0 Å². The minimum Gasteiger partial charge on any atom is -0.478 e. The molecule has 0 atom stereocenters. The molecular formula is C7H6O5. The molecule has 0 radical (unpaired) electrons. The van der Waals surface area contributed by atoms with Gasteiger partial charge >= 0.3 is 17.9 Å². The molecular weight excluding hydrogens is 164 g/mol. The first-order valence-electron chi connectivity index (χ1n) is 3.08. The fraction of sp³-hybridized carbons (Fsp3) is 0.143. The Morgan fingerprint density at radius 1 is 1.50 bits per heavy atom. The first-order chi connectivity index (χ1) is 5.59. The zero-order chi connectivity index (χ0) is 9.14. The van der Waals surface area contributed by atoms with Crippen LogP contribution in [0.5, 0.6) is 0 Å². The standard InChI is InChI=1S/C7H6O5/c1-4-2-5(8)12-6(9)3-11-7(4)10/h3,9H,1-2H2/b6-3-. The minimum absolute atomic E-state index is 0.0104. The van der Waals surface area contributed by atoms with Gasteiger partial charge < -0.3 is 14.6 Å². The lowest BCUT2D eigenvalue weighted by Crippen LogP contribution is -2.14. The molecule has 12 heavy (non-hydrogen) atoms. The van der Waals surface area contributed by atoms with Gasteiger partial charge in [0.15, 0.2) is 6.26 Å². The fourth-order valence-corrected chi connectivity index (χ4v) is 0.610. The molecule has 1 aliphatic rings. The number of cyclic esters (lactones) is 2.